The molecule has 2 aromatic carbocycles. The van der Waals surface area contributed by atoms with Crippen molar-refractivity contribution in [2.45, 2.75) is 19.2 Å². The molecule has 0 saturated carbocycles. The molecular weight excluding hydrogens is 456 g/mol. The second kappa shape index (κ2) is 10.3. The fourth-order valence-corrected chi connectivity index (χ4v) is 5.29. The molecule has 0 bridgehead atoms. The number of morpholine rings is 1. The summed E-state index contributed by atoms with van der Waals surface area (Å²) in [5.74, 6) is 0.0862. The number of amides is 1. The first-order chi connectivity index (χ1) is 16.3. The van der Waals surface area contributed by atoms with Gasteiger partial charge in [0.25, 0.3) is 5.91 Å². The first-order valence-corrected chi connectivity index (χ1v) is 12.6. The highest BCUT2D eigenvalue weighted by atomic mass is 32.2. The highest BCUT2D eigenvalue weighted by Crippen LogP contribution is 2.23. The van der Waals surface area contributed by atoms with Crippen molar-refractivity contribution in [3.05, 3.63) is 83.1 Å². The van der Waals surface area contributed by atoms with Crippen molar-refractivity contribution in [2.24, 2.45) is 0 Å². The number of ether oxygens (including phenoxy) is 1. The molecule has 1 fully saturated rings. The van der Waals surface area contributed by atoms with Gasteiger partial charge in [0.2, 0.25) is 10.0 Å². The molecule has 4 rings (SSSR count). The summed E-state index contributed by atoms with van der Waals surface area (Å²) in [4.78, 5) is 24.1. The van der Waals surface area contributed by atoms with Crippen molar-refractivity contribution in [3.8, 4) is 11.3 Å². The summed E-state index contributed by atoms with van der Waals surface area (Å²) in [5.41, 5.74) is 2.71. The van der Waals surface area contributed by atoms with Gasteiger partial charge in [-0.3, -0.25) is 9.59 Å². The van der Waals surface area contributed by atoms with Crippen LogP contribution in [0.1, 0.15) is 39.0 Å². The van der Waals surface area contributed by atoms with E-state index < -0.39 is 15.9 Å². The zero-order chi connectivity index (χ0) is 24.1. The number of rotatable bonds is 8. The van der Waals surface area contributed by atoms with Crippen LogP contribution in [0.3, 0.4) is 0 Å². The van der Waals surface area contributed by atoms with Gasteiger partial charge in [-0.1, -0.05) is 48.5 Å². The first kappa shape index (κ1) is 23.9. The number of nitrogens with one attached hydrogen (secondary N) is 1. The van der Waals surface area contributed by atoms with Gasteiger partial charge in [-0.05, 0) is 30.2 Å². The Morgan fingerprint density at radius 1 is 0.941 bits per heavy atom. The summed E-state index contributed by atoms with van der Waals surface area (Å²) >= 11 is 0. The predicted molar refractivity (Wildman–Crippen MR) is 127 cm³/mol. The average molecular weight is 483 g/mol. The molecule has 8 nitrogen and oxygen atoms in total. The molecule has 178 valence electrons. The van der Waals surface area contributed by atoms with Crippen LogP contribution in [0.15, 0.2) is 65.1 Å². The van der Waals surface area contributed by atoms with Gasteiger partial charge < -0.3 is 14.5 Å². The first-order valence-electron chi connectivity index (χ1n) is 11.0. The van der Waals surface area contributed by atoms with Crippen LogP contribution >= 0.6 is 0 Å². The third kappa shape index (κ3) is 5.61. The average Bonchev–Trinajstić information content (AvgIpc) is 3.34. The number of Topliss-reactive ketones (excluding diaryl/α,β-unsaturated/α-hetero) is 1. The zero-order valence-corrected chi connectivity index (χ0v) is 19.6. The third-order valence-corrected chi connectivity index (χ3v) is 7.49. The van der Waals surface area contributed by atoms with E-state index in [9.17, 15) is 18.0 Å². The Kier molecular flexibility index (Phi) is 7.26. The van der Waals surface area contributed by atoms with Crippen molar-refractivity contribution in [1.29, 1.82) is 0 Å². The minimum absolute atomic E-state index is 0.0240. The molecule has 3 aromatic rings. The minimum Gasteiger partial charge on any atom is -0.451 e. The summed E-state index contributed by atoms with van der Waals surface area (Å²) in [6.07, 6.45) is 0. The Labute approximate surface area is 198 Å². The topological polar surface area (TPSA) is 106 Å². The van der Waals surface area contributed by atoms with E-state index in [2.05, 4.69) is 5.32 Å². The normalized spacial score (nSPS) is 14.6. The summed E-state index contributed by atoms with van der Waals surface area (Å²) in [5, 5.41) is 2.80. The van der Waals surface area contributed by atoms with E-state index in [-0.39, 0.29) is 23.8 Å². The van der Waals surface area contributed by atoms with Crippen LogP contribution < -0.4 is 5.32 Å². The highest BCUT2D eigenvalue weighted by molar-refractivity contribution is 7.88. The summed E-state index contributed by atoms with van der Waals surface area (Å²) in [7, 11) is -3.48. The standard InChI is InChI=1S/C25H26N2O6S/c1-18(28)19-6-8-20(9-7-19)23-10-11-24(33-23)25(29)26-16-21-4-2-3-5-22(21)17-34(30,31)27-12-14-32-15-13-27/h2-11H,12-17H2,1H3,(H,26,29). The maximum Gasteiger partial charge on any atom is 0.287 e. The van der Waals surface area contributed by atoms with E-state index in [0.29, 0.717) is 43.2 Å². The van der Waals surface area contributed by atoms with E-state index in [1.165, 1.54) is 11.2 Å². The summed E-state index contributed by atoms with van der Waals surface area (Å²) in [6, 6.07) is 17.4. The molecular formula is C25H26N2O6S. The van der Waals surface area contributed by atoms with Gasteiger partial charge in [-0.15, -0.1) is 0 Å². The summed E-state index contributed by atoms with van der Waals surface area (Å²) < 4.78 is 38.0. The number of carbonyl (C=O) groups excluding carboxylic acids is 2. The number of hydrogen-bond donors (Lipinski definition) is 1. The Bertz CT molecular complexity index is 1270. The van der Waals surface area contributed by atoms with Crippen LogP contribution in [-0.4, -0.2) is 50.7 Å². The summed E-state index contributed by atoms with van der Waals surface area (Å²) in [6.45, 7) is 3.14. The van der Waals surface area contributed by atoms with Crippen LogP contribution in [-0.2, 0) is 27.1 Å². The Balaban J connectivity index is 1.41. The largest absolute Gasteiger partial charge is 0.451 e. The second-order valence-corrected chi connectivity index (χ2v) is 9.99. The molecule has 9 heteroatoms. The van der Waals surface area contributed by atoms with Gasteiger partial charge in [-0.25, -0.2) is 8.42 Å². The molecule has 1 aliphatic heterocycles. The monoisotopic (exact) mass is 482 g/mol. The third-order valence-electron chi connectivity index (χ3n) is 5.66. The van der Waals surface area contributed by atoms with Gasteiger partial charge in [0, 0.05) is 30.8 Å². The van der Waals surface area contributed by atoms with Crippen LogP contribution in [0, 0.1) is 0 Å². The molecule has 0 atom stereocenters. The number of sulfonamides is 1. The van der Waals surface area contributed by atoms with Crippen LogP contribution in [0.25, 0.3) is 11.3 Å². The Morgan fingerprint density at radius 2 is 1.62 bits per heavy atom. The van der Waals surface area contributed by atoms with Crippen molar-refractivity contribution in [2.75, 3.05) is 26.3 Å². The smallest absolute Gasteiger partial charge is 0.287 e. The number of furan rings is 1. The van der Waals surface area contributed by atoms with Gasteiger partial charge in [0.15, 0.2) is 11.5 Å². The fourth-order valence-electron chi connectivity index (χ4n) is 3.73. The molecule has 1 N–H and O–H groups in total. The van der Waals surface area contributed by atoms with E-state index in [4.69, 9.17) is 9.15 Å². The van der Waals surface area contributed by atoms with Crippen molar-refractivity contribution < 1.29 is 27.2 Å². The SMILES string of the molecule is CC(=O)c1ccc(-c2ccc(C(=O)NCc3ccccc3CS(=O)(=O)N3CCOCC3)o2)cc1. The van der Waals surface area contributed by atoms with Gasteiger partial charge in [0.1, 0.15) is 5.76 Å². The Hall–Kier alpha value is -3.27. The molecule has 34 heavy (non-hydrogen) atoms. The van der Waals surface area contributed by atoms with E-state index in [1.807, 2.05) is 6.07 Å². The van der Waals surface area contributed by atoms with Gasteiger partial charge >= 0.3 is 0 Å². The maximum atomic E-state index is 12.8. The quantitative estimate of drug-likeness (QED) is 0.494. The van der Waals surface area contributed by atoms with Crippen LogP contribution in [0.4, 0.5) is 0 Å². The predicted octanol–water partition coefficient (Wildman–Crippen LogP) is 3.24. The van der Waals surface area contributed by atoms with Crippen molar-refractivity contribution in [1.82, 2.24) is 9.62 Å². The lowest BCUT2D eigenvalue weighted by molar-refractivity contribution is 0.0729. The van der Waals surface area contributed by atoms with E-state index in [0.717, 1.165) is 11.1 Å². The number of nitrogens with zero attached hydrogens (tertiary/aromatic N) is 1. The maximum absolute atomic E-state index is 12.8. The molecule has 1 amide bonds. The zero-order valence-electron chi connectivity index (χ0n) is 18.8. The van der Waals surface area contributed by atoms with Crippen molar-refractivity contribution in [3.63, 3.8) is 0 Å². The highest BCUT2D eigenvalue weighted by Gasteiger charge is 2.25. The van der Waals surface area contributed by atoms with Crippen molar-refractivity contribution >= 4 is 21.7 Å². The lowest BCUT2D eigenvalue weighted by atomic mass is 10.1. The van der Waals surface area contributed by atoms with Gasteiger partial charge in [0.05, 0.1) is 19.0 Å². The molecule has 0 spiro atoms. The van der Waals surface area contributed by atoms with Gasteiger partial charge in [-0.2, -0.15) is 4.31 Å². The fraction of sp³-hybridized carbons (Fsp3) is 0.280. The number of ketones is 1. The number of benzene rings is 2. The molecule has 1 aliphatic rings. The molecule has 0 radical (unpaired) electrons. The Morgan fingerprint density at radius 3 is 2.29 bits per heavy atom. The lowest BCUT2D eigenvalue weighted by Crippen LogP contribution is -2.41. The minimum atomic E-state index is -3.48. The second-order valence-electron chi connectivity index (χ2n) is 8.02. The molecule has 0 unspecified atom stereocenters. The molecule has 1 saturated heterocycles. The van der Waals surface area contributed by atoms with Crippen LogP contribution in [0.2, 0.25) is 0 Å². The number of carbonyl (C=O) groups is 2. The van der Waals surface area contributed by atoms with E-state index in [1.54, 1.807) is 54.6 Å². The molecule has 0 aliphatic carbocycles. The van der Waals surface area contributed by atoms with E-state index >= 15 is 0 Å². The molecule has 1 aromatic heterocycles. The lowest BCUT2D eigenvalue weighted by Gasteiger charge is -2.26. The number of hydrogen-bond acceptors (Lipinski definition) is 6. The van der Waals surface area contributed by atoms with Crippen LogP contribution in [0.5, 0.6) is 0 Å². The molecule has 2 heterocycles.